The van der Waals surface area contributed by atoms with Crippen LogP contribution in [0.1, 0.15) is 38.9 Å². The lowest BCUT2D eigenvalue weighted by Crippen LogP contribution is -2.12. The van der Waals surface area contributed by atoms with E-state index in [1.165, 1.54) is 44.6 Å². The van der Waals surface area contributed by atoms with Gasteiger partial charge >= 0.3 is 0 Å². The Hall–Kier alpha value is -11.0. The van der Waals surface area contributed by atoms with Crippen molar-refractivity contribution in [1.82, 2.24) is 0 Å². The average Bonchev–Trinajstić information content (AvgIpc) is 1.36. The molecule has 92 heavy (non-hydrogen) atoms. The Labute approximate surface area is 546 Å². The molecule has 0 saturated heterocycles. The highest BCUT2D eigenvalue weighted by atomic mass is 16.5. The number of nitrogens with zero attached hydrogens (tertiary/aromatic N) is 6. The second kappa shape index (κ2) is 30.0. The van der Waals surface area contributed by atoms with Gasteiger partial charge in [0.15, 0.2) is 0 Å². The first-order valence-electron chi connectivity index (χ1n) is 31.3. The van der Waals surface area contributed by atoms with E-state index in [9.17, 15) is 0 Å². The Kier molecular flexibility index (Phi) is 20.9. The maximum atomic E-state index is 5.37. The predicted octanol–water partition coefficient (Wildman–Crippen LogP) is 22.9. The second-order valence-electron chi connectivity index (χ2n) is 23.5. The van der Waals surface area contributed by atoms with Crippen molar-refractivity contribution < 1.29 is 9.47 Å². The van der Waals surface area contributed by atoms with Gasteiger partial charge in [-0.1, -0.05) is 124 Å². The fourth-order valence-electron chi connectivity index (χ4n) is 10.9. The van der Waals surface area contributed by atoms with Gasteiger partial charge in [-0.05, 0) is 248 Å². The van der Waals surface area contributed by atoms with E-state index in [-0.39, 0.29) is 0 Å². The van der Waals surface area contributed by atoms with Gasteiger partial charge in [-0.3, -0.25) is 0 Å². The van der Waals surface area contributed by atoms with Crippen molar-refractivity contribution in [2.24, 2.45) is 0 Å². The summed E-state index contributed by atoms with van der Waals surface area (Å²) in [5.41, 5.74) is 25.9. The van der Waals surface area contributed by atoms with Crippen LogP contribution in [0.4, 0.5) is 85.3 Å². The van der Waals surface area contributed by atoms with E-state index in [0.717, 1.165) is 91.1 Å². The molecular weight excluding hydrogens is 1120 g/mol. The summed E-state index contributed by atoms with van der Waals surface area (Å²) in [5.74, 6) is 1.71. The van der Waals surface area contributed by atoms with Gasteiger partial charge < -0.3 is 38.9 Å². The predicted molar refractivity (Wildman–Crippen MR) is 393 cm³/mol. The first kappa shape index (κ1) is 64.0. The van der Waals surface area contributed by atoms with Crippen molar-refractivity contribution >= 4 is 85.3 Å². The topological polar surface area (TPSA) is 37.9 Å². The van der Waals surface area contributed by atoms with Gasteiger partial charge in [0, 0.05) is 113 Å². The Balaban J connectivity index is 0.000000151. The number of benzene rings is 12. The third kappa shape index (κ3) is 16.1. The van der Waals surface area contributed by atoms with Gasteiger partial charge in [0.1, 0.15) is 11.5 Å². The highest BCUT2D eigenvalue weighted by Gasteiger charge is 2.17. The highest BCUT2D eigenvalue weighted by molar-refractivity contribution is 5.81. The minimum Gasteiger partial charge on any atom is -0.497 e. The van der Waals surface area contributed by atoms with Crippen LogP contribution in [-0.4, -0.2) is 35.4 Å². The maximum absolute atomic E-state index is 5.37. The van der Waals surface area contributed by atoms with Crippen LogP contribution in [0.3, 0.4) is 0 Å². The number of aryl methyl sites for hydroxylation is 7. The van der Waals surface area contributed by atoms with Crippen molar-refractivity contribution in [3.63, 3.8) is 0 Å². The van der Waals surface area contributed by atoms with Crippen LogP contribution < -0.4 is 38.9 Å². The van der Waals surface area contributed by atoms with E-state index in [2.05, 4.69) is 360 Å². The van der Waals surface area contributed by atoms with E-state index in [1.807, 2.05) is 30.3 Å². The SMILES string of the molecule is COc1ccc(N(C)c2ccc(N(c3ccc(C)cc3)c3ccc(C)cc3)cc2)cc1.COc1cccc(N(C)c2ccc(N(c3ccc(C)cc3)c3ccc(C)cc3)cc2)c1.Cc1ccc(N(c2ccc(C)cc2)c2ccc(N(C)c3cccc(C)c3)cc2)cc1. The third-order valence-electron chi connectivity index (χ3n) is 16.5. The summed E-state index contributed by atoms with van der Waals surface area (Å²) < 4.78 is 10.6. The van der Waals surface area contributed by atoms with E-state index in [1.54, 1.807) is 14.2 Å². The largest absolute Gasteiger partial charge is 0.497 e. The van der Waals surface area contributed by atoms with E-state index in [4.69, 9.17) is 9.47 Å². The quantitative estimate of drug-likeness (QED) is 0.0893. The molecule has 0 unspecified atom stereocenters. The van der Waals surface area contributed by atoms with E-state index in [0.29, 0.717) is 0 Å². The maximum Gasteiger partial charge on any atom is 0.120 e. The fourth-order valence-corrected chi connectivity index (χ4v) is 10.9. The molecule has 462 valence electrons. The molecule has 0 radical (unpaired) electrons. The Morgan fingerprint density at radius 2 is 0.391 bits per heavy atom. The third-order valence-corrected chi connectivity index (χ3v) is 16.5. The molecule has 0 fully saturated rings. The Bertz CT molecular complexity index is 4110. The zero-order chi connectivity index (χ0) is 64.7. The van der Waals surface area contributed by atoms with E-state index < -0.39 is 0 Å². The van der Waals surface area contributed by atoms with Gasteiger partial charge in [0.05, 0.1) is 14.2 Å². The molecule has 0 spiro atoms. The summed E-state index contributed by atoms with van der Waals surface area (Å²) in [6.45, 7) is 14.8. The van der Waals surface area contributed by atoms with Crippen LogP contribution in [0, 0.1) is 48.5 Å². The summed E-state index contributed by atoms with van der Waals surface area (Å²) in [7, 11) is 9.64. The molecular formula is C84H84N6O2. The van der Waals surface area contributed by atoms with Gasteiger partial charge in [0.2, 0.25) is 0 Å². The lowest BCUT2D eigenvalue weighted by molar-refractivity contribution is 0.415. The molecule has 0 N–H and O–H groups in total. The summed E-state index contributed by atoms with van der Waals surface area (Å²) in [6, 6.07) is 103. The number of anilines is 15. The van der Waals surface area contributed by atoms with Crippen molar-refractivity contribution in [3.05, 3.63) is 330 Å². The molecule has 12 aromatic carbocycles. The molecule has 12 rings (SSSR count). The van der Waals surface area contributed by atoms with E-state index >= 15 is 0 Å². The van der Waals surface area contributed by atoms with Gasteiger partial charge in [-0.15, -0.1) is 0 Å². The lowest BCUT2D eigenvalue weighted by Gasteiger charge is -2.27. The molecule has 0 bridgehead atoms. The van der Waals surface area contributed by atoms with Crippen LogP contribution in [0.15, 0.2) is 291 Å². The summed E-state index contributed by atoms with van der Waals surface area (Å²) in [4.78, 5) is 13.4. The fraction of sp³-hybridized carbons (Fsp3) is 0.143. The smallest absolute Gasteiger partial charge is 0.120 e. The average molecular weight is 1210 g/mol. The lowest BCUT2D eigenvalue weighted by atomic mass is 10.1. The molecule has 8 nitrogen and oxygen atoms in total. The molecule has 0 atom stereocenters. The van der Waals surface area contributed by atoms with Gasteiger partial charge in [-0.25, -0.2) is 0 Å². The zero-order valence-corrected chi connectivity index (χ0v) is 55.2. The monoisotopic (exact) mass is 1210 g/mol. The van der Waals surface area contributed by atoms with Gasteiger partial charge in [0.25, 0.3) is 0 Å². The Morgan fingerprint density at radius 1 is 0.185 bits per heavy atom. The molecule has 0 aliphatic rings. The van der Waals surface area contributed by atoms with Crippen LogP contribution in [0.5, 0.6) is 11.5 Å². The number of hydrogen-bond acceptors (Lipinski definition) is 8. The number of rotatable bonds is 17. The van der Waals surface area contributed by atoms with Gasteiger partial charge in [-0.2, -0.15) is 0 Å². The number of methoxy groups -OCH3 is 2. The number of hydrogen-bond donors (Lipinski definition) is 0. The molecule has 8 heteroatoms. The molecule has 0 aliphatic heterocycles. The normalized spacial score (nSPS) is 10.6. The first-order chi connectivity index (χ1) is 44.6. The molecule has 0 aliphatic carbocycles. The molecule has 12 aromatic rings. The highest BCUT2D eigenvalue weighted by Crippen LogP contribution is 2.40. The zero-order valence-electron chi connectivity index (χ0n) is 55.2. The number of ether oxygens (including phenoxy) is 2. The summed E-state index contributed by atoms with van der Waals surface area (Å²) >= 11 is 0. The van der Waals surface area contributed by atoms with Crippen molar-refractivity contribution in [1.29, 1.82) is 0 Å². The van der Waals surface area contributed by atoms with Crippen LogP contribution in [0.2, 0.25) is 0 Å². The van der Waals surface area contributed by atoms with Crippen molar-refractivity contribution in [3.8, 4) is 11.5 Å². The standard InChI is InChI=1S/2C28H28N2O.C28H28N2/c1-21-5-9-25(10-6-21)30(26-11-7-22(2)8-12-26)27-15-13-23(14-16-27)29(3)24-17-19-28(31-4)20-18-24;1-21-8-12-24(13-9-21)30(25-14-10-22(2)11-15-25)26-18-16-23(17-19-26)29(3)27-6-5-7-28(20-27)31-4;1-21-8-12-25(13-9-21)30(26-14-10-22(2)11-15-26)27-18-16-24(17-19-27)29(4)28-7-5-6-23(3)20-28/h2*5-20H,1-4H3;5-20H,1-4H3. The minimum atomic E-state index is 0.853. The summed E-state index contributed by atoms with van der Waals surface area (Å²) in [5, 5.41) is 0. The Morgan fingerprint density at radius 3 is 0.641 bits per heavy atom. The molecule has 0 aromatic heterocycles. The minimum absolute atomic E-state index is 0.853. The molecule has 0 heterocycles. The second-order valence-corrected chi connectivity index (χ2v) is 23.5. The molecule has 0 amide bonds. The van der Waals surface area contributed by atoms with Crippen LogP contribution in [-0.2, 0) is 0 Å². The van der Waals surface area contributed by atoms with Crippen molar-refractivity contribution in [2.75, 3.05) is 64.8 Å². The van der Waals surface area contributed by atoms with Crippen molar-refractivity contribution in [2.45, 2.75) is 48.5 Å². The first-order valence-corrected chi connectivity index (χ1v) is 31.3. The molecule has 0 saturated carbocycles. The van der Waals surface area contributed by atoms with Crippen LogP contribution >= 0.6 is 0 Å². The summed E-state index contributed by atoms with van der Waals surface area (Å²) in [6.07, 6.45) is 0. The van der Waals surface area contributed by atoms with Crippen LogP contribution in [0.25, 0.3) is 0 Å².